The highest BCUT2D eigenvalue weighted by Gasteiger charge is 2.35. The minimum absolute atomic E-state index is 0.0179. The number of hydrogen-bond donors (Lipinski definition) is 3. The fourth-order valence-electron chi connectivity index (χ4n) is 6.89. The van der Waals surface area contributed by atoms with Crippen LogP contribution in [0.25, 0.3) is 0 Å². The minimum atomic E-state index is -0.874. The molecule has 1 saturated carbocycles. The van der Waals surface area contributed by atoms with Gasteiger partial charge in [-0.05, 0) is 84.0 Å². The van der Waals surface area contributed by atoms with Crippen LogP contribution in [0.1, 0.15) is 102 Å². The van der Waals surface area contributed by atoms with Crippen LogP contribution in [0.15, 0.2) is 66.7 Å². The summed E-state index contributed by atoms with van der Waals surface area (Å²) in [5.74, 6) is -1.19. The van der Waals surface area contributed by atoms with Gasteiger partial charge >= 0.3 is 0 Å². The van der Waals surface area contributed by atoms with Gasteiger partial charge in [-0.15, -0.1) is 0 Å². The number of carbonyl (C=O) groups excluding carboxylic acids is 1. The molecule has 3 aromatic rings. The van der Waals surface area contributed by atoms with Crippen molar-refractivity contribution >= 4 is 11.6 Å². The lowest BCUT2D eigenvalue weighted by Crippen LogP contribution is -2.50. The fourth-order valence-corrected chi connectivity index (χ4v) is 6.89. The Morgan fingerprint density at radius 1 is 0.894 bits per heavy atom. The van der Waals surface area contributed by atoms with Crippen molar-refractivity contribution in [2.75, 3.05) is 25.0 Å². The molecule has 2 atom stereocenters. The number of hydrogen-bond acceptors (Lipinski definition) is 4. The van der Waals surface area contributed by atoms with Crippen molar-refractivity contribution in [2.24, 2.45) is 0 Å². The Hall–Kier alpha value is -3.29. The largest absolute Gasteiger partial charge is 0.390 e. The minimum Gasteiger partial charge on any atom is -0.390 e. The summed E-state index contributed by atoms with van der Waals surface area (Å²) < 4.78 is 28.5. The van der Waals surface area contributed by atoms with Gasteiger partial charge in [0.2, 0.25) is 5.91 Å². The molecule has 0 aromatic heterocycles. The highest BCUT2D eigenvalue weighted by molar-refractivity contribution is 5.79. The highest BCUT2D eigenvalue weighted by Crippen LogP contribution is 2.39. The summed E-state index contributed by atoms with van der Waals surface area (Å²) in [5, 5.41) is 19.0. The van der Waals surface area contributed by atoms with E-state index in [0.29, 0.717) is 12.1 Å². The number of rotatable bonds is 15. The van der Waals surface area contributed by atoms with Crippen LogP contribution < -0.4 is 10.6 Å². The van der Waals surface area contributed by atoms with E-state index in [1.54, 1.807) is 0 Å². The van der Waals surface area contributed by atoms with Crippen LogP contribution in [0.4, 0.5) is 14.5 Å². The maximum absolute atomic E-state index is 14.2. The highest BCUT2D eigenvalue weighted by atomic mass is 19.1. The first-order valence-electron chi connectivity index (χ1n) is 17.5. The molecule has 1 fully saturated rings. The van der Waals surface area contributed by atoms with Gasteiger partial charge in [0.1, 0.15) is 11.6 Å². The number of nitrogens with zero attached hydrogens (tertiary/aromatic N) is 1. The van der Waals surface area contributed by atoms with Crippen molar-refractivity contribution in [1.29, 1.82) is 0 Å². The molecule has 1 aliphatic rings. The van der Waals surface area contributed by atoms with E-state index in [-0.39, 0.29) is 29.7 Å². The first-order valence-corrected chi connectivity index (χ1v) is 17.5. The molecule has 0 heterocycles. The molecular formula is C40H55F2N3O2. The lowest BCUT2D eigenvalue weighted by Gasteiger charge is -2.41. The topological polar surface area (TPSA) is 64.6 Å². The van der Waals surface area contributed by atoms with E-state index in [4.69, 9.17) is 0 Å². The molecule has 0 saturated heterocycles. The Morgan fingerprint density at radius 2 is 1.55 bits per heavy atom. The van der Waals surface area contributed by atoms with Crippen molar-refractivity contribution in [2.45, 2.75) is 116 Å². The lowest BCUT2D eigenvalue weighted by molar-refractivity contribution is -0.130. The van der Waals surface area contributed by atoms with E-state index in [2.05, 4.69) is 69.5 Å². The molecule has 256 valence electrons. The molecule has 0 radical (unpaired) electrons. The molecule has 0 bridgehead atoms. The molecule has 47 heavy (non-hydrogen) atoms. The molecular weight excluding hydrogens is 592 g/mol. The predicted molar refractivity (Wildman–Crippen MR) is 189 cm³/mol. The lowest BCUT2D eigenvalue weighted by atomic mass is 9.74. The quantitative estimate of drug-likeness (QED) is 0.155. The Kier molecular flexibility index (Phi) is 13.0. The number of anilines is 1. The fraction of sp³-hybridized carbons (Fsp3) is 0.525. The molecule has 2 unspecified atom stereocenters. The van der Waals surface area contributed by atoms with Crippen LogP contribution in [0.3, 0.4) is 0 Å². The van der Waals surface area contributed by atoms with Crippen LogP contribution >= 0.6 is 0 Å². The van der Waals surface area contributed by atoms with E-state index < -0.39 is 23.8 Å². The third kappa shape index (κ3) is 10.3. The summed E-state index contributed by atoms with van der Waals surface area (Å²) in [6.07, 6.45) is 6.79. The van der Waals surface area contributed by atoms with E-state index in [1.807, 2.05) is 29.2 Å². The van der Waals surface area contributed by atoms with Gasteiger partial charge < -0.3 is 20.6 Å². The zero-order chi connectivity index (χ0) is 34.0. The molecule has 1 aliphatic carbocycles. The number of carbonyl (C=O) groups is 1. The maximum Gasteiger partial charge on any atom is 0.226 e. The van der Waals surface area contributed by atoms with Gasteiger partial charge in [-0.2, -0.15) is 0 Å². The first kappa shape index (κ1) is 36.5. The summed E-state index contributed by atoms with van der Waals surface area (Å²) in [4.78, 5) is 15.0. The van der Waals surface area contributed by atoms with Crippen molar-refractivity contribution in [3.8, 4) is 0 Å². The Labute approximate surface area is 281 Å². The molecule has 7 heteroatoms. The van der Waals surface area contributed by atoms with Crippen LogP contribution in [0.5, 0.6) is 0 Å². The second-order valence-corrected chi connectivity index (χ2v) is 14.4. The maximum atomic E-state index is 14.2. The van der Waals surface area contributed by atoms with Crippen molar-refractivity contribution in [3.05, 3.63) is 101 Å². The number of benzene rings is 3. The van der Waals surface area contributed by atoms with E-state index in [0.717, 1.165) is 68.9 Å². The van der Waals surface area contributed by atoms with Gasteiger partial charge in [-0.1, -0.05) is 90.3 Å². The van der Waals surface area contributed by atoms with E-state index in [9.17, 15) is 18.7 Å². The van der Waals surface area contributed by atoms with Crippen LogP contribution in [-0.2, 0) is 28.6 Å². The number of amides is 1. The Balaban J connectivity index is 1.57. The normalized spacial score (nSPS) is 16.0. The Bertz CT molecular complexity index is 1420. The molecule has 0 aliphatic heterocycles. The molecule has 1 amide bonds. The van der Waals surface area contributed by atoms with Gasteiger partial charge in [0.25, 0.3) is 0 Å². The zero-order valence-electron chi connectivity index (χ0n) is 29.0. The van der Waals surface area contributed by atoms with Crippen LogP contribution in [0.2, 0.25) is 0 Å². The van der Waals surface area contributed by atoms with Crippen molar-refractivity contribution in [1.82, 2.24) is 10.2 Å². The molecule has 3 N–H and O–H groups in total. The number of halogens is 2. The van der Waals surface area contributed by atoms with Gasteiger partial charge in [0.05, 0.1) is 18.6 Å². The van der Waals surface area contributed by atoms with Crippen LogP contribution in [0, 0.1) is 11.6 Å². The molecule has 5 nitrogen and oxygen atoms in total. The summed E-state index contributed by atoms with van der Waals surface area (Å²) in [6.45, 7) is 12.6. The zero-order valence-corrected chi connectivity index (χ0v) is 29.0. The second-order valence-electron chi connectivity index (χ2n) is 14.4. The van der Waals surface area contributed by atoms with Gasteiger partial charge in [0, 0.05) is 36.9 Å². The van der Waals surface area contributed by atoms with Crippen molar-refractivity contribution in [3.63, 3.8) is 0 Å². The van der Waals surface area contributed by atoms with Gasteiger partial charge in [0.15, 0.2) is 0 Å². The van der Waals surface area contributed by atoms with Gasteiger partial charge in [-0.25, -0.2) is 8.78 Å². The predicted octanol–water partition coefficient (Wildman–Crippen LogP) is 8.29. The second kappa shape index (κ2) is 16.7. The number of nitrogens with one attached hydrogen (secondary N) is 2. The monoisotopic (exact) mass is 647 g/mol. The van der Waals surface area contributed by atoms with E-state index >= 15 is 0 Å². The summed E-state index contributed by atoms with van der Waals surface area (Å²) >= 11 is 0. The third-order valence-electron chi connectivity index (χ3n) is 9.45. The molecule has 3 aromatic carbocycles. The standard InChI is InChI=1S/C40H55F2N3O2/c1-6-19-45(20-7-2)38(47)25-29-13-11-16-35(23-29)44-36(24-30-21-33(41)27-34(42)22-30)37(46)28-43-40(17-9-8-10-18-40)32-15-12-14-31(26-32)39(3,4)5/h11-16,21-23,26-27,36-37,43-44,46H,6-10,17-20,24-25,28H2,1-5H3. The van der Waals surface area contributed by atoms with Crippen molar-refractivity contribution < 1.29 is 18.7 Å². The number of aliphatic hydroxyl groups excluding tert-OH is 1. The summed E-state index contributed by atoms with van der Waals surface area (Å²) in [7, 11) is 0. The SMILES string of the molecule is CCCN(CCC)C(=O)Cc1cccc(NC(Cc2cc(F)cc(F)c2)C(O)CNC2(c3cccc(C(C)(C)C)c3)CCCCC2)c1. The van der Waals surface area contributed by atoms with Gasteiger partial charge in [-0.3, -0.25) is 4.79 Å². The average Bonchev–Trinajstić information content (AvgIpc) is 3.03. The first-order chi connectivity index (χ1) is 22.4. The van der Waals surface area contributed by atoms with Crippen LogP contribution in [-0.4, -0.2) is 47.7 Å². The van der Waals surface area contributed by atoms with E-state index in [1.165, 1.54) is 29.7 Å². The molecule has 0 spiro atoms. The third-order valence-corrected chi connectivity index (χ3v) is 9.45. The number of aliphatic hydroxyl groups is 1. The molecule has 4 rings (SSSR count). The summed E-state index contributed by atoms with van der Waals surface area (Å²) in [5.41, 5.74) is 4.36. The average molecular weight is 648 g/mol. The Morgan fingerprint density at radius 3 is 2.19 bits per heavy atom. The summed E-state index contributed by atoms with van der Waals surface area (Å²) in [6, 6.07) is 19.5. The smallest absolute Gasteiger partial charge is 0.226 e.